The first-order chi connectivity index (χ1) is 13.5. The third kappa shape index (κ3) is 4.29. The third-order valence-corrected chi connectivity index (χ3v) is 6.25. The number of hydrogen-bond acceptors (Lipinski definition) is 3. The quantitative estimate of drug-likeness (QED) is 0.741. The Morgan fingerprint density at radius 1 is 1.10 bits per heavy atom. The third-order valence-electron chi connectivity index (χ3n) is 4.43. The van der Waals surface area contributed by atoms with Crippen LogP contribution in [0.2, 0.25) is 0 Å². The number of nitrogens with one attached hydrogen (secondary N) is 1. The van der Waals surface area contributed by atoms with Crippen molar-refractivity contribution in [3.05, 3.63) is 59.4 Å². The van der Waals surface area contributed by atoms with Gasteiger partial charge in [-0.05, 0) is 23.8 Å². The van der Waals surface area contributed by atoms with Crippen molar-refractivity contribution >= 4 is 27.5 Å². The lowest BCUT2D eigenvalue weighted by Gasteiger charge is -2.19. The Morgan fingerprint density at radius 3 is 2.52 bits per heavy atom. The number of carbonyl (C=O) groups is 1. The van der Waals surface area contributed by atoms with Crippen LogP contribution in [0.3, 0.4) is 0 Å². The zero-order chi connectivity index (χ0) is 21.4. The van der Waals surface area contributed by atoms with E-state index >= 15 is 0 Å². The second-order valence-electron chi connectivity index (χ2n) is 6.41. The standard InChI is InChI=1S/C18H17F4N3O3S/c1-24-15-6-5-14(19)11-16(15)25(29(24,27)28)8-7-23-17(26)10-12-3-2-4-13(9-12)18(20,21)22/h2-6,9,11H,7-8,10H2,1H3,(H,23,26). The monoisotopic (exact) mass is 431 g/mol. The molecule has 0 saturated heterocycles. The molecule has 156 valence electrons. The maximum atomic E-state index is 13.5. The average Bonchev–Trinajstić information content (AvgIpc) is 2.81. The van der Waals surface area contributed by atoms with Gasteiger partial charge < -0.3 is 5.32 Å². The number of rotatable bonds is 5. The molecule has 11 heteroatoms. The number of carbonyl (C=O) groups excluding carboxylic acids is 1. The summed E-state index contributed by atoms with van der Waals surface area (Å²) in [6, 6.07) is 7.98. The minimum Gasteiger partial charge on any atom is -0.354 e. The van der Waals surface area contributed by atoms with Gasteiger partial charge >= 0.3 is 16.4 Å². The Kier molecular flexibility index (Phi) is 5.44. The predicted molar refractivity (Wildman–Crippen MR) is 99.2 cm³/mol. The maximum absolute atomic E-state index is 13.5. The van der Waals surface area contributed by atoms with Crippen molar-refractivity contribution in [2.24, 2.45) is 0 Å². The molecule has 0 aromatic heterocycles. The fourth-order valence-corrected chi connectivity index (χ4v) is 4.41. The molecular weight excluding hydrogens is 414 g/mol. The molecule has 2 aromatic rings. The number of alkyl halides is 3. The Labute approximate surface area is 164 Å². The van der Waals surface area contributed by atoms with Crippen LogP contribution in [0.15, 0.2) is 42.5 Å². The molecule has 1 aliphatic rings. The summed E-state index contributed by atoms with van der Waals surface area (Å²) >= 11 is 0. The number of nitrogens with zero attached hydrogens (tertiary/aromatic N) is 2. The molecule has 0 spiro atoms. The van der Waals surface area contributed by atoms with E-state index in [0.717, 1.165) is 32.9 Å². The first kappa shape index (κ1) is 20.9. The number of anilines is 2. The molecule has 2 aromatic carbocycles. The highest BCUT2D eigenvalue weighted by Gasteiger charge is 2.38. The largest absolute Gasteiger partial charge is 0.416 e. The molecule has 1 N–H and O–H groups in total. The second kappa shape index (κ2) is 7.54. The van der Waals surface area contributed by atoms with E-state index in [2.05, 4.69) is 5.32 Å². The molecule has 1 heterocycles. The molecule has 6 nitrogen and oxygen atoms in total. The van der Waals surface area contributed by atoms with Crippen molar-refractivity contribution in [1.29, 1.82) is 0 Å². The molecule has 0 atom stereocenters. The summed E-state index contributed by atoms with van der Waals surface area (Å²) in [5.41, 5.74) is -0.216. The van der Waals surface area contributed by atoms with Crippen molar-refractivity contribution in [3.8, 4) is 0 Å². The van der Waals surface area contributed by atoms with Gasteiger partial charge in [-0.15, -0.1) is 0 Å². The normalized spacial score (nSPS) is 15.3. The lowest BCUT2D eigenvalue weighted by atomic mass is 10.1. The fraction of sp³-hybridized carbons (Fsp3) is 0.278. The van der Waals surface area contributed by atoms with Gasteiger partial charge in [0, 0.05) is 19.7 Å². The van der Waals surface area contributed by atoms with Crippen LogP contribution in [0.4, 0.5) is 28.9 Å². The van der Waals surface area contributed by atoms with Gasteiger partial charge in [-0.3, -0.25) is 9.10 Å². The summed E-state index contributed by atoms with van der Waals surface area (Å²) in [7, 11) is -2.57. The van der Waals surface area contributed by atoms with E-state index in [1.165, 1.54) is 25.2 Å². The highest BCUT2D eigenvalue weighted by molar-refractivity contribution is 7.94. The van der Waals surface area contributed by atoms with Gasteiger partial charge in [0.05, 0.1) is 29.9 Å². The van der Waals surface area contributed by atoms with Gasteiger partial charge in [0.15, 0.2) is 0 Å². The van der Waals surface area contributed by atoms with Crippen molar-refractivity contribution in [3.63, 3.8) is 0 Å². The van der Waals surface area contributed by atoms with Crippen LogP contribution in [0.5, 0.6) is 0 Å². The van der Waals surface area contributed by atoms with Crippen molar-refractivity contribution in [2.75, 3.05) is 28.7 Å². The fourth-order valence-electron chi connectivity index (χ4n) is 3.00. The molecular formula is C18H17F4N3O3S. The highest BCUT2D eigenvalue weighted by Crippen LogP contribution is 2.39. The van der Waals surface area contributed by atoms with Gasteiger partial charge in [-0.1, -0.05) is 18.2 Å². The number of fused-ring (bicyclic) bond motifs is 1. The second-order valence-corrected chi connectivity index (χ2v) is 8.29. The van der Waals surface area contributed by atoms with Gasteiger partial charge in [-0.25, -0.2) is 8.70 Å². The van der Waals surface area contributed by atoms with Crippen molar-refractivity contribution in [1.82, 2.24) is 5.32 Å². The molecule has 0 bridgehead atoms. The molecule has 0 radical (unpaired) electrons. The van der Waals surface area contributed by atoms with Crippen LogP contribution in [0.1, 0.15) is 11.1 Å². The van der Waals surface area contributed by atoms with Gasteiger partial charge in [-0.2, -0.15) is 21.6 Å². The van der Waals surface area contributed by atoms with Crippen molar-refractivity contribution in [2.45, 2.75) is 12.6 Å². The zero-order valence-electron chi connectivity index (χ0n) is 15.2. The molecule has 3 rings (SSSR count). The van der Waals surface area contributed by atoms with E-state index < -0.39 is 33.7 Å². The van der Waals surface area contributed by atoms with Crippen LogP contribution in [0, 0.1) is 5.82 Å². The average molecular weight is 431 g/mol. The number of hydrogen-bond donors (Lipinski definition) is 1. The Bertz CT molecular complexity index is 1040. The first-order valence-corrected chi connectivity index (χ1v) is 9.89. The molecule has 0 fully saturated rings. The SMILES string of the molecule is CN1c2ccc(F)cc2N(CCNC(=O)Cc2cccc(C(F)(F)F)c2)S1(=O)=O. The predicted octanol–water partition coefficient (Wildman–Crippen LogP) is 2.70. The Balaban J connectivity index is 1.63. The van der Waals surface area contributed by atoms with E-state index in [1.54, 1.807) is 0 Å². The summed E-state index contributed by atoms with van der Waals surface area (Å²) in [6.45, 7) is -0.252. The first-order valence-electron chi connectivity index (χ1n) is 8.49. The molecule has 1 amide bonds. The van der Waals surface area contributed by atoms with Crippen LogP contribution >= 0.6 is 0 Å². The highest BCUT2D eigenvalue weighted by atomic mass is 32.2. The van der Waals surface area contributed by atoms with Gasteiger partial charge in [0.25, 0.3) is 0 Å². The van der Waals surface area contributed by atoms with E-state index in [4.69, 9.17) is 0 Å². The summed E-state index contributed by atoms with van der Waals surface area (Å²) in [5.74, 6) is -1.17. The number of amides is 1. The summed E-state index contributed by atoms with van der Waals surface area (Å²) in [4.78, 5) is 12.0. The molecule has 1 aliphatic heterocycles. The minimum absolute atomic E-state index is 0.0964. The van der Waals surface area contributed by atoms with Crippen LogP contribution in [-0.4, -0.2) is 34.5 Å². The molecule has 0 aliphatic carbocycles. The van der Waals surface area contributed by atoms with E-state index in [0.29, 0.717) is 5.69 Å². The molecule has 0 saturated carbocycles. The zero-order valence-corrected chi connectivity index (χ0v) is 16.0. The lowest BCUT2D eigenvalue weighted by Crippen LogP contribution is -2.41. The number of benzene rings is 2. The van der Waals surface area contributed by atoms with Crippen molar-refractivity contribution < 1.29 is 30.8 Å². The Hall–Kier alpha value is -2.82. The van der Waals surface area contributed by atoms with E-state index in [9.17, 15) is 30.8 Å². The lowest BCUT2D eigenvalue weighted by molar-refractivity contribution is -0.137. The van der Waals surface area contributed by atoms with Crippen LogP contribution in [0.25, 0.3) is 0 Å². The smallest absolute Gasteiger partial charge is 0.354 e. The summed E-state index contributed by atoms with van der Waals surface area (Å²) < 4.78 is 78.7. The van der Waals surface area contributed by atoms with Crippen LogP contribution in [-0.2, 0) is 27.6 Å². The van der Waals surface area contributed by atoms with E-state index in [1.807, 2.05) is 0 Å². The maximum Gasteiger partial charge on any atom is 0.416 e. The van der Waals surface area contributed by atoms with Gasteiger partial charge in [0.2, 0.25) is 5.91 Å². The van der Waals surface area contributed by atoms with Gasteiger partial charge in [0.1, 0.15) is 5.82 Å². The Morgan fingerprint density at radius 2 is 1.83 bits per heavy atom. The topological polar surface area (TPSA) is 69.7 Å². The summed E-state index contributed by atoms with van der Waals surface area (Å²) in [5, 5.41) is 2.48. The minimum atomic E-state index is -4.51. The summed E-state index contributed by atoms with van der Waals surface area (Å²) in [6.07, 6.45) is -4.80. The molecule has 0 unspecified atom stereocenters. The molecule has 29 heavy (non-hydrogen) atoms. The van der Waals surface area contributed by atoms with Crippen LogP contribution < -0.4 is 13.9 Å². The number of halogens is 4. The van der Waals surface area contributed by atoms with E-state index in [-0.39, 0.29) is 30.8 Å².